The molecule has 1 aromatic carbocycles. The van der Waals surface area contributed by atoms with E-state index in [-0.39, 0.29) is 5.56 Å². The predicted octanol–water partition coefficient (Wildman–Crippen LogP) is 6.88. The molecule has 0 unspecified atom stereocenters. The molecule has 1 saturated heterocycles. The molecule has 0 radical (unpaired) electrons. The lowest BCUT2D eigenvalue weighted by Gasteiger charge is -2.32. The highest BCUT2D eigenvalue weighted by molar-refractivity contribution is 6.30. The van der Waals surface area contributed by atoms with Gasteiger partial charge in [-0.2, -0.15) is 0 Å². The average Bonchev–Trinajstić information content (AvgIpc) is 3.70. The maximum absolute atomic E-state index is 14.9. The summed E-state index contributed by atoms with van der Waals surface area (Å²) in [5.74, 6) is 0.692. The minimum Gasteiger partial charge on any atom is -0.493 e. The van der Waals surface area contributed by atoms with Crippen LogP contribution in [0.4, 0.5) is 4.39 Å². The number of hydrogen-bond acceptors (Lipinski definition) is 5. The minimum absolute atomic E-state index is 0.00745. The summed E-state index contributed by atoms with van der Waals surface area (Å²) in [4.78, 5) is 19.8. The summed E-state index contributed by atoms with van der Waals surface area (Å²) in [5.41, 5.74) is 2.43. The van der Waals surface area contributed by atoms with Gasteiger partial charge in [-0.15, -0.1) is 0 Å². The molecule has 3 fully saturated rings. The molecule has 1 aromatic heterocycles. The van der Waals surface area contributed by atoms with E-state index in [1.165, 1.54) is 18.9 Å². The van der Waals surface area contributed by atoms with Crippen LogP contribution in [0.15, 0.2) is 24.3 Å². The molecule has 0 spiro atoms. The number of aromatic nitrogens is 1. The normalized spacial score (nSPS) is 19.4. The summed E-state index contributed by atoms with van der Waals surface area (Å²) in [6.45, 7) is 8.67. The van der Waals surface area contributed by atoms with E-state index in [1.807, 2.05) is 12.1 Å². The molecule has 2 heterocycles. The van der Waals surface area contributed by atoms with Crippen LogP contribution < -0.4 is 4.74 Å². The number of benzene rings is 1. The lowest BCUT2D eigenvalue weighted by molar-refractivity contribution is 0.00645. The third-order valence-corrected chi connectivity index (χ3v) is 7.38. The summed E-state index contributed by atoms with van der Waals surface area (Å²) >= 11 is 6.34. The largest absolute Gasteiger partial charge is 0.493 e. The van der Waals surface area contributed by atoms with Crippen molar-refractivity contribution in [1.82, 2.24) is 9.88 Å². The molecule has 2 aliphatic carbocycles. The van der Waals surface area contributed by atoms with Crippen LogP contribution in [0.3, 0.4) is 0 Å². The zero-order chi connectivity index (χ0) is 25.4. The van der Waals surface area contributed by atoms with Gasteiger partial charge in [-0.1, -0.05) is 11.6 Å². The van der Waals surface area contributed by atoms with Gasteiger partial charge in [0.1, 0.15) is 17.2 Å². The first-order valence-electron chi connectivity index (χ1n) is 13.2. The highest BCUT2D eigenvalue weighted by atomic mass is 35.5. The van der Waals surface area contributed by atoms with E-state index in [1.54, 1.807) is 26.8 Å². The number of hydrogen-bond donors (Lipinski definition) is 0. The Balaban J connectivity index is 1.17. The van der Waals surface area contributed by atoms with Crippen LogP contribution in [0.2, 0.25) is 5.02 Å². The maximum atomic E-state index is 14.9. The maximum Gasteiger partial charge on any atom is 0.341 e. The molecule has 0 atom stereocenters. The zero-order valence-corrected chi connectivity index (χ0v) is 22.2. The van der Waals surface area contributed by atoms with Gasteiger partial charge in [-0.3, -0.25) is 9.88 Å². The zero-order valence-electron chi connectivity index (χ0n) is 21.5. The molecule has 36 heavy (non-hydrogen) atoms. The number of esters is 1. The Morgan fingerprint density at radius 2 is 1.75 bits per heavy atom. The van der Waals surface area contributed by atoms with Crippen molar-refractivity contribution in [2.24, 2.45) is 5.92 Å². The summed E-state index contributed by atoms with van der Waals surface area (Å²) in [6, 6.07) is 7.01. The number of pyridine rings is 1. The van der Waals surface area contributed by atoms with E-state index >= 15 is 0 Å². The van der Waals surface area contributed by atoms with Crippen LogP contribution in [0.5, 0.6) is 5.75 Å². The highest BCUT2D eigenvalue weighted by Gasteiger charge is 2.31. The molecule has 5 nitrogen and oxygen atoms in total. The number of carbonyl (C=O) groups excluding carboxylic acids is 1. The molecule has 0 amide bonds. The number of ether oxygens (including phenoxy) is 2. The predicted molar refractivity (Wildman–Crippen MR) is 138 cm³/mol. The fourth-order valence-corrected chi connectivity index (χ4v) is 5.13. The van der Waals surface area contributed by atoms with Gasteiger partial charge in [0.2, 0.25) is 0 Å². The van der Waals surface area contributed by atoms with Crippen molar-refractivity contribution in [3.8, 4) is 5.75 Å². The van der Waals surface area contributed by atoms with E-state index in [4.69, 9.17) is 26.1 Å². The first kappa shape index (κ1) is 25.5. The van der Waals surface area contributed by atoms with Crippen molar-refractivity contribution in [3.05, 3.63) is 57.6 Å². The molecule has 0 bridgehead atoms. The molecular weight excluding hydrogens is 479 g/mol. The molecule has 0 N–H and O–H groups in total. The molecule has 2 aromatic rings. The second-order valence-corrected chi connectivity index (χ2v) is 12.1. The van der Waals surface area contributed by atoms with Crippen LogP contribution in [0.25, 0.3) is 0 Å². The molecule has 1 aliphatic heterocycles. The number of piperidine rings is 1. The lowest BCUT2D eigenvalue weighted by atomic mass is 9.97. The highest BCUT2D eigenvalue weighted by Crippen LogP contribution is 2.45. The molecule has 3 aliphatic rings. The van der Waals surface area contributed by atoms with Crippen molar-refractivity contribution in [1.29, 1.82) is 0 Å². The van der Waals surface area contributed by atoms with Crippen LogP contribution in [0.1, 0.15) is 98.4 Å². The Morgan fingerprint density at radius 3 is 2.39 bits per heavy atom. The number of carbonyl (C=O) groups is 1. The Hall–Kier alpha value is -2.18. The Morgan fingerprint density at radius 1 is 1.06 bits per heavy atom. The number of halogens is 2. The molecule has 7 heteroatoms. The van der Waals surface area contributed by atoms with E-state index in [9.17, 15) is 9.18 Å². The summed E-state index contributed by atoms with van der Waals surface area (Å²) in [5, 5.41) is 0.779. The number of nitrogens with zero attached hydrogens (tertiary/aromatic N) is 2. The van der Waals surface area contributed by atoms with E-state index in [2.05, 4.69) is 4.90 Å². The standard InChI is InChI=1S/C29H36ClFN2O3/c1-29(2,3)36-28(34)24-14-23(19-4-5-19)27(15-25(24)31)35-17-18-8-10-33(11-9-18)16-22-12-21(30)13-26(32-22)20-6-7-20/h12-15,18-20H,4-11,16-17H2,1-3H3. The second-order valence-electron chi connectivity index (χ2n) is 11.7. The summed E-state index contributed by atoms with van der Waals surface area (Å²) in [6.07, 6.45) is 6.55. The summed E-state index contributed by atoms with van der Waals surface area (Å²) in [7, 11) is 0. The van der Waals surface area contributed by atoms with E-state index in [0.29, 0.717) is 30.1 Å². The number of rotatable bonds is 8. The van der Waals surface area contributed by atoms with Crippen LogP contribution in [0, 0.1) is 11.7 Å². The minimum atomic E-state index is -0.671. The Labute approximate surface area is 218 Å². The lowest BCUT2D eigenvalue weighted by Crippen LogP contribution is -2.35. The topological polar surface area (TPSA) is 51.7 Å². The first-order valence-corrected chi connectivity index (χ1v) is 13.6. The van der Waals surface area contributed by atoms with Gasteiger partial charge < -0.3 is 9.47 Å². The van der Waals surface area contributed by atoms with Crippen LogP contribution in [-0.4, -0.2) is 41.2 Å². The molecular formula is C29H36ClFN2O3. The van der Waals surface area contributed by atoms with Gasteiger partial charge >= 0.3 is 5.97 Å². The van der Waals surface area contributed by atoms with Crippen molar-refractivity contribution >= 4 is 17.6 Å². The molecule has 5 rings (SSSR count). The van der Waals surface area contributed by atoms with Crippen molar-refractivity contribution in [2.45, 2.75) is 83.3 Å². The van der Waals surface area contributed by atoms with Gasteiger partial charge in [-0.25, -0.2) is 9.18 Å². The third-order valence-electron chi connectivity index (χ3n) is 7.16. The third kappa shape index (κ3) is 6.57. The first-order chi connectivity index (χ1) is 17.1. The van der Waals surface area contributed by atoms with Gasteiger partial charge in [0.15, 0.2) is 0 Å². The fourth-order valence-electron chi connectivity index (χ4n) is 4.89. The average molecular weight is 515 g/mol. The SMILES string of the molecule is CC(C)(C)OC(=O)c1cc(C2CC2)c(OCC2CCN(Cc3cc(Cl)cc(C4CC4)n3)CC2)cc1F. The molecule has 2 saturated carbocycles. The van der Waals surface area contributed by atoms with Crippen LogP contribution in [-0.2, 0) is 11.3 Å². The Kier molecular flexibility index (Phi) is 7.28. The van der Waals surface area contributed by atoms with Crippen molar-refractivity contribution in [3.63, 3.8) is 0 Å². The second kappa shape index (κ2) is 10.3. The van der Waals surface area contributed by atoms with Gasteiger partial charge in [0, 0.05) is 29.2 Å². The van der Waals surface area contributed by atoms with Crippen LogP contribution >= 0.6 is 11.6 Å². The monoisotopic (exact) mass is 514 g/mol. The van der Waals surface area contributed by atoms with E-state index in [0.717, 1.165) is 67.3 Å². The van der Waals surface area contributed by atoms with Gasteiger partial charge in [0.25, 0.3) is 0 Å². The quantitative estimate of drug-likeness (QED) is 0.359. The van der Waals surface area contributed by atoms with E-state index < -0.39 is 17.4 Å². The van der Waals surface area contributed by atoms with Crippen molar-refractivity contribution in [2.75, 3.05) is 19.7 Å². The van der Waals surface area contributed by atoms with Gasteiger partial charge in [0.05, 0.1) is 17.9 Å². The Bertz CT molecular complexity index is 1120. The summed E-state index contributed by atoms with van der Waals surface area (Å²) < 4.78 is 26.4. The molecule has 194 valence electrons. The van der Waals surface area contributed by atoms with Crippen molar-refractivity contribution < 1.29 is 18.7 Å². The fraction of sp³-hybridized carbons (Fsp3) is 0.586. The smallest absolute Gasteiger partial charge is 0.341 e. The number of likely N-dealkylation sites (tertiary alicyclic amines) is 1. The van der Waals surface area contributed by atoms with Gasteiger partial charge in [-0.05, 0) is 108 Å².